The second-order valence-corrected chi connectivity index (χ2v) is 10.3. The minimum absolute atomic E-state index is 0.0829. The molecular weight excluding hydrogens is 502 g/mol. The highest BCUT2D eigenvalue weighted by atomic mass is 79.9. The molecule has 168 valence electrons. The van der Waals surface area contributed by atoms with E-state index in [2.05, 4.69) is 31.3 Å². The molecule has 3 N–H and O–H groups in total. The summed E-state index contributed by atoms with van der Waals surface area (Å²) in [6, 6.07) is 11.3. The maximum atomic E-state index is 12.7. The van der Waals surface area contributed by atoms with Gasteiger partial charge in [0.2, 0.25) is 10.0 Å². The van der Waals surface area contributed by atoms with Gasteiger partial charge in [0, 0.05) is 16.7 Å². The molecule has 0 aliphatic heterocycles. The van der Waals surface area contributed by atoms with E-state index in [-0.39, 0.29) is 10.0 Å². The molecule has 0 saturated carbocycles. The van der Waals surface area contributed by atoms with Gasteiger partial charge in [0.15, 0.2) is 5.11 Å². The lowest BCUT2D eigenvalue weighted by Gasteiger charge is -2.15. The standard InChI is InChI=1S/C21H26BrN3O4S2/c1-4-11-23-31(27,28)17-8-6-16(7-9-17)24-21(30)25-20(26)18-12-15(22)5-10-19(18)29-13-14(2)3/h5-10,12,14,23H,4,11,13H2,1-3H3,(H2,24,25,26,30). The van der Waals surface area contributed by atoms with Crippen molar-refractivity contribution in [1.29, 1.82) is 0 Å². The number of anilines is 1. The number of carbonyl (C=O) groups excluding carboxylic acids is 1. The number of ether oxygens (including phenoxy) is 1. The van der Waals surface area contributed by atoms with Gasteiger partial charge in [0.1, 0.15) is 5.75 Å². The highest BCUT2D eigenvalue weighted by Gasteiger charge is 2.16. The summed E-state index contributed by atoms with van der Waals surface area (Å²) in [4.78, 5) is 12.9. The summed E-state index contributed by atoms with van der Waals surface area (Å²) in [7, 11) is -3.54. The van der Waals surface area contributed by atoms with Crippen LogP contribution in [-0.4, -0.2) is 32.6 Å². The van der Waals surface area contributed by atoms with Crippen LogP contribution in [0.1, 0.15) is 37.6 Å². The maximum Gasteiger partial charge on any atom is 0.261 e. The molecule has 0 radical (unpaired) electrons. The Morgan fingerprint density at radius 3 is 2.45 bits per heavy atom. The predicted octanol–water partition coefficient (Wildman–Crippen LogP) is 4.30. The molecule has 2 rings (SSSR count). The van der Waals surface area contributed by atoms with Crippen LogP contribution in [0.15, 0.2) is 51.8 Å². The molecular formula is C21H26BrN3O4S2. The zero-order valence-electron chi connectivity index (χ0n) is 17.6. The van der Waals surface area contributed by atoms with Gasteiger partial charge >= 0.3 is 0 Å². The van der Waals surface area contributed by atoms with Crippen LogP contribution in [0, 0.1) is 5.92 Å². The number of thiocarbonyl (C=S) groups is 1. The number of carbonyl (C=O) groups is 1. The normalized spacial score (nSPS) is 11.3. The molecule has 0 fully saturated rings. The van der Waals surface area contributed by atoms with Crippen molar-refractivity contribution in [3.05, 3.63) is 52.5 Å². The predicted molar refractivity (Wildman–Crippen MR) is 130 cm³/mol. The topological polar surface area (TPSA) is 96.5 Å². The van der Waals surface area contributed by atoms with Gasteiger partial charge in [-0.05, 0) is 67.0 Å². The summed E-state index contributed by atoms with van der Waals surface area (Å²) in [6.45, 7) is 6.78. The average molecular weight is 528 g/mol. The molecule has 0 saturated heterocycles. The Hall–Kier alpha value is -2.01. The van der Waals surface area contributed by atoms with Gasteiger partial charge in [-0.3, -0.25) is 10.1 Å². The van der Waals surface area contributed by atoms with E-state index >= 15 is 0 Å². The van der Waals surface area contributed by atoms with Crippen molar-refractivity contribution in [2.75, 3.05) is 18.5 Å². The fourth-order valence-corrected chi connectivity index (χ4v) is 4.14. The summed E-state index contributed by atoms with van der Waals surface area (Å²) >= 11 is 8.60. The number of halogens is 1. The first-order valence-electron chi connectivity index (χ1n) is 9.76. The molecule has 7 nitrogen and oxygen atoms in total. The minimum Gasteiger partial charge on any atom is -0.492 e. The van der Waals surface area contributed by atoms with Gasteiger partial charge in [-0.1, -0.05) is 36.7 Å². The first-order chi connectivity index (χ1) is 14.6. The summed E-state index contributed by atoms with van der Waals surface area (Å²) in [5.74, 6) is 0.359. The monoisotopic (exact) mass is 527 g/mol. The third-order valence-electron chi connectivity index (χ3n) is 3.95. The Labute approximate surface area is 197 Å². The van der Waals surface area contributed by atoms with Gasteiger partial charge < -0.3 is 10.1 Å². The lowest BCUT2D eigenvalue weighted by molar-refractivity contribution is 0.0973. The van der Waals surface area contributed by atoms with E-state index in [1.165, 1.54) is 12.1 Å². The van der Waals surface area contributed by atoms with Crippen molar-refractivity contribution in [2.45, 2.75) is 32.1 Å². The van der Waals surface area contributed by atoms with Crippen LogP contribution in [-0.2, 0) is 10.0 Å². The van der Waals surface area contributed by atoms with E-state index in [4.69, 9.17) is 17.0 Å². The van der Waals surface area contributed by atoms with Crippen LogP contribution >= 0.6 is 28.1 Å². The average Bonchev–Trinajstić information content (AvgIpc) is 2.71. The first kappa shape index (κ1) is 25.3. The molecule has 10 heteroatoms. The van der Waals surface area contributed by atoms with Gasteiger partial charge in [0.05, 0.1) is 17.1 Å². The van der Waals surface area contributed by atoms with Crippen molar-refractivity contribution < 1.29 is 17.9 Å². The zero-order chi connectivity index (χ0) is 23.0. The molecule has 1 amide bonds. The third-order valence-corrected chi connectivity index (χ3v) is 6.12. The van der Waals surface area contributed by atoms with Gasteiger partial charge in [-0.15, -0.1) is 0 Å². The van der Waals surface area contributed by atoms with E-state index in [1.807, 2.05) is 20.8 Å². The lowest BCUT2D eigenvalue weighted by Crippen LogP contribution is -2.34. The molecule has 0 spiro atoms. The maximum absolute atomic E-state index is 12.7. The fourth-order valence-electron chi connectivity index (χ4n) is 2.43. The summed E-state index contributed by atoms with van der Waals surface area (Å²) in [5.41, 5.74) is 0.896. The number of nitrogens with one attached hydrogen (secondary N) is 3. The smallest absolute Gasteiger partial charge is 0.261 e. The van der Waals surface area contributed by atoms with E-state index in [0.717, 1.165) is 4.47 Å². The molecule has 0 aromatic heterocycles. The minimum atomic E-state index is -3.54. The number of hydrogen-bond donors (Lipinski definition) is 3. The largest absolute Gasteiger partial charge is 0.492 e. The Balaban J connectivity index is 2.04. The molecule has 2 aromatic rings. The van der Waals surface area contributed by atoms with Crippen LogP contribution in [0.4, 0.5) is 5.69 Å². The first-order valence-corrected chi connectivity index (χ1v) is 12.4. The molecule has 0 aliphatic carbocycles. The van der Waals surface area contributed by atoms with Crippen LogP contribution in [0.5, 0.6) is 5.75 Å². The lowest BCUT2D eigenvalue weighted by atomic mass is 10.2. The SMILES string of the molecule is CCCNS(=O)(=O)c1ccc(NC(=S)NC(=O)c2cc(Br)ccc2OCC(C)C)cc1. The van der Waals surface area contributed by atoms with Crippen molar-refractivity contribution in [1.82, 2.24) is 10.0 Å². The molecule has 0 unspecified atom stereocenters. The van der Waals surface area contributed by atoms with Crippen molar-refractivity contribution >= 4 is 54.9 Å². The van der Waals surface area contributed by atoms with E-state index in [1.54, 1.807) is 30.3 Å². The quantitative estimate of drug-likeness (QED) is 0.420. The summed E-state index contributed by atoms with van der Waals surface area (Å²) < 4.78 is 33.3. The van der Waals surface area contributed by atoms with Gasteiger partial charge in [-0.2, -0.15) is 0 Å². The van der Waals surface area contributed by atoms with Crippen LogP contribution < -0.4 is 20.1 Å². The van der Waals surface area contributed by atoms with Gasteiger partial charge in [-0.25, -0.2) is 13.1 Å². The van der Waals surface area contributed by atoms with Crippen molar-refractivity contribution in [3.8, 4) is 5.75 Å². The van der Waals surface area contributed by atoms with Crippen LogP contribution in [0.25, 0.3) is 0 Å². The van der Waals surface area contributed by atoms with E-state index < -0.39 is 15.9 Å². The third kappa shape index (κ3) is 7.88. The van der Waals surface area contributed by atoms with Crippen LogP contribution in [0.3, 0.4) is 0 Å². The highest BCUT2D eigenvalue weighted by molar-refractivity contribution is 9.10. The van der Waals surface area contributed by atoms with Crippen molar-refractivity contribution in [2.24, 2.45) is 5.92 Å². The molecule has 0 aliphatic rings. The molecule has 2 aromatic carbocycles. The number of amides is 1. The molecule has 31 heavy (non-hydrogen) atoms. The number of rotatable bonds is 9. The Bertz CT molecular complexity index is 1030. The summed E-state index contributed by atoms with van der Waals surface area (Å²) in [6.07, 6.45) is 0.703. The zero-order valence-corrected chi connectivity index (χ0v) is 20.8. The van der Waals surface area contributed by atoms with E-state index in [9.17, 15) is 13.2 Å². The summed E-state index contributed by atoms with van der Waals surface area (Å²) in [5, 5.41) is 5.59. The Kier molecular flexibility index (Phi) is 9.42. The molecule has 0 bridgehead atoms. The molecule has 0 heterocycles. The highest BCUT2D eigenvalue weighted by Crippen LogP contribution is 2.24. The second kappa shape index (κ2) is 11.6. The molecule has 0 atom stereocenters. The van der Waals surface area contributed by atoms with Crippen molar-refractivity contribution in [3.63, 3.8) is 0 Å². The Morgan fingerprint density at radius 2 is 1.84 bits per heavy atom. The number of hydrogen-bond acceptors (Lipinski definition) is 5. The van der Waals surface area contributed by atoms with E-state index in [0.29, 0.717) is 42.5 Å². The van der Waals surface area contributed by atoms with Crippen LogP contribution in [0.2, 0.25) is 0 Å². The second-order valence-electron chi connectivity index (χ2n) is 7.18. The fraction of sp³-hybridized carbons (Fsp3) is 0.333. The number of benzene rings is 2. The Morgan fingerprint density at radius 1 is 1.16 bits per heavy atom. The number of sulfonamides is 1. The van der Waals surface area contributed by atoms with Gasteiger partial charge in [0.25, 0.3) is 5.91 Å².